The average molecular weight is 1400 g/mol. The number of hydrogen-bond donors (Lipinski definition) is 5. The number of carbonyl (C=O) groups excluding carboxylic acids is 6. The Bertz CT molecular complexity index is 4230. The van der Waals surface area contributed by atoms with Crippen LogP contribution in [-0.4, -0.2) is 185 Å². The number of Topliss-reactive ketones (excluding diaryl/α,β-unsaturated/α-hetero) is 3. The van der Waals surface area contributed by atoms with Gasteiger partial charge in [-0.25, -0.2) is 59.2 Å². The number of hydrogen-bond acceptors (Lipinski definition) is 23. The molecule has 0 radical (unpaired) electrons. The molecule has 29 nitrogen and oxygen atoms in total. The third kappa shape index (κ3) is 16.4. The Kier molecular flexibility index (Phi) is 20.7. The van der Waals surface area contributed by atoms with Gasteiger partial charge in [-0.3, -0.25) is 45.0 Å². The van der Waals surface area contributed by atoms with E-state index < -0.39 is 73.4 Å². The predicted octanol–water partition coefficient (Wildman–Crippen LogP) is 9.51. The molecule has 101 heavy (non-hydrogen) atoms. The first kappa shape index (κ1) is 70.3. The van der Waals surface area contributed by atoms with Gasteiger partial charge in [-0.05, 0) is 81.2 Å². The summed E-state index contributed by atoms with van der Waals surface area (Å²) in [6.07, 6.45) is 4.20. The number of alkyl halides is 6. The van der Waals surface area contributed by atoms with Crippen LogP contribution in [0.4, 0.5) is 92.7 Å². The van der Waals surface area contributed by atoms with E-state index in [1.54, 1.807) is 60.7 Å². The Balaban J connectivity index is 0.000000145. The summed E-state index contributed by atoms with van der Waals surface area (Å²) in [6, 6.07) is 11.5. The maximum absolute atomic E-state index is 13.4. The molecule has 1 saturated carbocycles. The number of aliphatic hydroxyl groups is 2. The highest BCUT2D eigenvalue weighted by molar-refractivity contribution is 6.07. The minimum absolute atomic E-state index is 0.0197. The van der Waals surface area contributed by atoms with Crippen LogP contribution in [0.15, 0.2) is 90.1 Å². The van der Waals surface area contributed by atoms with Crippen LogP contribution in [-0.2, 0) is 0 Å². The number of nitrogens with zero attached hydrogens (tertiary/aromatic N) is 16. The van der Waals surface area contributed by atoms with Gasteiger partial charge < -0.3 is 34.1 Å². The second kappa shape index (κ2) is 29.7. The highest BCUT2D eigenvalue weighted by Crippen LogP contribution is 2.43. The second-order valence-corrected chi connectivity index (χ2v) is 25.6. The molecule has 6 aliphatic heterocycles. The van der Waals surface area contributed by atoms with Crippen LogP contribution in [0, 0.1) is 24.7 Å². The van der Waals surface area contributed by atoms with E-state index in [2.05, 4.69) is 70.7 Å². The van der Waals surface area contributed by atoms with Crippen molar-refractivity contribution in [1.29, 1.82) is 0 Å². The fourth-order valence-corrected chi connectivity index (χ4v) is 12.5. The largest absolute Gasteiger partial charge is 0.475 e. The van der Waals surface area contributed by atoms with Gasteiger partial charge in [0.1, 0.15) is 30.2 Å². The van der Waals surface area contributed by atoms with E-state index in [-0.39, 0.29) is 83.2 Å². The Morgan fingerprint density at radius 1 is 0.574 bits per heavy atom. The van der Waals surface area contributed by atoms with Crippen molar-refractivity contribution >= 4 is 87.4 Å². The first-order chi connectivity index (χ1) is 48.3. The van der Waals surface area contributed by atoms with E-state index >= 15 is 0 Å². The predicted molar refractivity (Wildman–Crippen MR) is 353 cm³/mol. The summed E-state index contributed by atoms with van der Waals surface area (Å²) in [5, 5.41) is 26.7. The third-order valence-corrected chi connectivity index (χ3v) is 18.1. The Hall–Kier alpha value is -10.6. The first-order valence-electron chi connectivity index (χ1n) is 32.9. The highest BCUT2D eigenvalue weighted by Gasteiger charge is 2.45. The van der Waals surface area contributed by atoms with Crippen molar-refractivity contribution in [3.05, 3.63) is 109 Å². The molecule has 5 N–H and O–H groups in total. The van der Waals surface area contributed by atoms with E-state index in [1.807, 2.05) is 15.9 Å². The van der Waals surface area contributed by atoms with Crippen LogP contribution >= 0.6 is 0 Å². The van der Waals surface area contributed by atoms with Crippen LogP contribution in [0.25, 0.3) is 11.3 Å². The molecule has 6 amide bonds. The zero-order valence-electron chi connectivity index (χ0n) is 54.9. The van der Waals surface area contributed by atoms with Crippen molar-refractivity contribution in [2.45, 2.75) is 122 Å². The summed E-state index contributed by atoms with van der Waals surface area (Å²) >= 11 is 0. The molecule has 532 valence electrons. The number of halogens is 6. The Morgan fingerprint density at radius 2 is 1.07 bits per heavy atom. The van der Waals surface area contributed by atoms with Gasteiger partial charge in [0.15, 0.2) is 52.4 Å². The Morgan fingerprint density at radius 3 is 1.56 bits per heavy atom. The van der Waals surface area contributed by atoms with Gasteiger partial charge in [0.2, 0.25) is 17.4 Å². The lowest BCUT2D eigenvalue weighted by Crippen LogP contribution is -2.56. The average Bonchev–Trinajstić information content (AvgIpc) is 1.68. The number of anilines is 9. The zero-order valence-corrected chi connectivity index (χ0v) is 54.9. The number of rotatable bonds is 17. The molecule has 6 bridgehead atoms. The molecule has 0 spiro atoms. The van der Waals surface area contributed by atoms with Crippen molar-refractivity contribution in [2.75, 3.05) is 97.8 Å². The standard InChI is InChI=1S/C23H22F3N7O3.C23H27F3N6O5.C20H22N6O2/c1-12(23(24,25)26)7-17(34)20-29-9-16-21(31-20)33(15-4-6-32(16)11-15)22(35)30-19-8-14(3-5-27-19)18-10-28-13(2)36-18;1-13(23(24,25)26)8-17(35)20-27-9-16-21(30-20)32(14-4-3-7-31(16)10-14)22(36)29-18-5-2-6-19(28-18)37-12-15(34)11-33;27-16(10-13-6-7-13)18-22-11-15-19(24-18)26(14-4-3-9-25(15)12-14)20(28)23-17-5-1-2-8-21-17/h3,5,8-10,12,15H,4,6-7,11H2,1-2H3,(H,27,30,35);2,5-6,9,13-15,33-34H,3-4,7-8,10-12H2,1H3,(H,28,29,36);1-2,5,8,11,13-14H,3-4,6-7,9-10,12H2,(H,21,23,28)/t12-,15-;13-,14-,15-;14-/m000/s1. The molecule has 4 fully saturated rings. The maximum Gasteiger partial charge on any atom is 0.391 e. The van der Waals surface area contributed by atoms with Gasteiger partial charge in [-0.1, -0.05) is 26.0 Å². The molecule has 6 atom stereocenters. The van der Waals surface area contributed by atoms with E-state index in [0.29, 0.717) is 91.6 Å². The molecule has 7 aromatic rings. The van der Waals surface area contributed by atoms with E-state index in [9.17, 15) is 60.2 Å². The number of aryl methyl sites for hydroxylation is 1. The quantitative estimate of drug-likeness (QED) is 0.0418. The van der Waals surface area contributed by atoms with E-state index in [1.165, 1.54) is 40.5 Å². The van der Waals surface area contributed by atoms with Crippen LogP contribution in [0.2, 0.25) is 0 Å². The van der Waals surface area contributed by atoms with Crippen molar-refractivity contribution in [2.24, 2.45) is 17.8 Å². The normalized spacial score (nSPS) is 18.8. The molecular weight excluding hydrogens is 1330 g/mol. The van der Waals surface area contributed by atoms with Gasteiger partial charge in [0, 0.05) is 89.5 Å². The summed E-state index contributed by atoms with van der Waals surface area (Å²) in [5.41, 5.74) is 2.53. The fraction of sp³-hybridized carbons (Fsp3) is 0.455. The molecule has 14 rings (SSSR count). The lowest BCUT2D eigenvalue weighted by molar-refractivity contribution is -0.169. The van der Waals surface area contributed by atoms with Crippen molar-refractivity contribution < 1.29 is 74.5 Å². The van der Waals surface area contributed by atoms with Gasteiger partial charge in [-0.15, -0.1) is 0 Å². The summed E-state index contributed by atoms with van der Waals surface area (Å²) in [5.74, 6) is -2.62. The summed E-state index contributed by atoms with van der Waals surface area (Å²) in [7, 11) is 0. The van der Waals surface area contributed by atoms with E-state index in [4.69, 9.17) is 14.3 Å². The van der Waals surface area contributed by atoms with Crippen LogP contribution in [0.1, 0.15) is 116 Å². The summed E-state index contributed by atoms with van der Waals surface area (Å²) in [4.78, 5) is 130. The minimum atomic E-state index is -4.53. The SMILES string of the molecule is C[C@@H](CC(=O)c1ncc2c(n1)N(C(=O)Nc1cccc(OC[C@@H](O)CO)n1)[C@H]1CCCN2C1)C(F)(F)F.Cc1ncc(-c2ccnc(NC(=O)N3c4nc(C(=O)C[C@H](C)C(F)(F)F)ncc4N4CC[C@H]3C4)c2)o1.O=C(CC1CC1)c1ncc2c(n1)N(C(=O)Nc1ccccn1)[C@H]1CCCN2C1. The van der Waals surface area contributed by atoms with Crippen molar-refractivity contribution in [3.63, 3.8) is 0 Å². The number of piperidine rings is 2. The molecule has 1 aliphatic carbocycles. The lowest BCUT2D eigenvalue weighted by atomic mass is 10.00. The van der Waals surface area contributed by atoms with Gasteiger partial charge in [-0.2, -0.15) is 31.3 Å². The summed E-state index contributed by atoms with van der Waals surface area (Å²) in [6.45, 7) is 6.97. The zero-order chi connectivity index (χ0) is 71.4. The number of urea groups is 3. The molecule has 7 aromatic heterocycles. The van der Waals surface area contributed by atoms with Gasteiger partial charge in [0.05, 0.1) is 78.4 Å². The number of aromatic nitrogens is 10. The number of ketones is 3. The molecule has 13 heterocycles. The number of carbonyl (C=O) groups is 6. The van der Waals surface area contributed by atoms with Crippen molar-refractivity contribution in [1.82, 2.24) is 49.8 Å². The topological polar surface area (TPSA) is 350 Å². The number of nitrogens with one attached hydrogen (secondary N) is 3. The summed E-state index contributed by atoms with van der Waals surface area (Å²) < 4.78 is 88.6. The smallest absolute Gasteiger partial charge is 0.391 e. The maximum atomic E-state index is 13.4. The molecule has 35 heteroatoms. The van der Waals surface area contributed by atoms with Crippen LogP contribution in [0.3, 0.4) is 0 Å². The van der Waals surface area contributed by atoms with E-state index in [0.717, 1.165) is 64.7 Å². The molecule has 0 aromatic carbocycles. The molecule has 3 saturated heterocycles. The minimum Gasteiger partial charge on any atom is -0.475 e. The monoisotopic (exact) mass is 1400 g/mol. The third-order valence-electron chi connectivity index (χ3n) is 18.1. The number of aliphatic hydroxyl groups excluding tert-OH is 2. The molecular formula is C66H71F6N19O10. The van der Waals surface area contributed by atoms with Crippen LogP contribution in [0.5, 0.6) is 5.88 Å². The van der Waals surface area contributed by atoms with Crippen molar-refractivity contribution in [3.8, 4) is 17.2 Å². The number of oxazole rings is 1. The fourth-order valence-electron chi connectivity index (χ4n) is 12.5. The number of fused-ring (bicyclic) bond motifs is 12. The lowest BCUT2D eigenvalue weighted by Gasteiger charge is -2.45. The first-order valence-corrected chi connectivity index (χ1v) is 32.9. The number of pyridine rings is 3. The van der Waals surface area contributed by atoms with Gasteiger partial charge in [0.25, 0.3) is 0 Å². The number of ether oxygens (including phenoxy) is 1. The van der Waals surface area contributed by atoms with Crippen LogP contribution < -0.4 is 50.1 Å². The highest BCUT2D eigenvalue weighted by atomic mass is 19.4. The van der Waals surface area contributed by atoms with Gasteiger partial charge >= 0.3 is 30.4 Å². The molecule has 0 unspecified atom stereocenters. The number of amides is 6. The molecule has 7 aliphatic rings. The second-order valence-electron chi connectivity index (χ2n) is 25.6. The Labute approximate surface area is 573 Å².